The average Bonchev–Trinajstić information content (AvgIpc) is 2.86. The van der Waals surface area contributed by atoms with E-state index in [0.717, 1.165) is 59.4 Å². The maximum Gasteiger partial charge on any atom is 0.272 e. The van der Waals surface area contributed by atoms with E-state index in [4.69, 9.17) is 0 Å². The Kier molecular flexibility index (Phi) is 4.02. The third kappa shape index (κ3) is 2.59. The van der Waals surface area contributed by atoms with E-state index in [9.17, 15) is 4.79 Å². The molecule has 21 heavy (non-hydrogen) atoms. The molecule has 1 fully saturated rings. The second-order valence-corrected chi connectivity index (χ2v) is 6.56. The predicted molar refractivity (Wildman–Crippen MR) is 86.8 cm³/mol. The van der Waals surface area contributed by atoms with E-state index >= 15 is 0 Å². The summed E-state index contributed by atoms with van der Waals surface area (Å²) in [6.45, 7) is 5.81. The number of carbonyl (C=O) groups excluding carboxylic acids is 1. The smallest absolute Gasteiger partial charge is 0.272 e. The number of pyridine rings is 1. The fourth-order valence-corrected chi connectivity index (χ4v) is 3.58. The standard InChI is InChI=1S/C16H20BrN3O/c1-3-13-14(16(21)19-7-5-4-6-8-19)20-10-12(17)9-11(2)15(20)18-13/h9-10H,3-8H2,1-2H3. The van der Waals surface area contributed by atoms with Crippen LogP contribution in [0.1, 0.15) is 47.9 Å². The molecule has 1 aliphatic heterocycles. The highest BCUT2D eigenvalue weighted by atomic mass is 79.9. The van der Waals surface area contributed by atoms with Crippen molar-refractivity contribution in [2.75, 3.05) is 13.1 Å². The zero-order chi connectivity index (χ0) is 15.0. The molecule has 5 heteroatoms. The van der Waals surface area contributed by atoms with E-state index in [-0.39, 0.29) is 5.91 Å². The van der Waals surface area contributed by atoms with Crippen molar-refractivity contribution in [3.63, 3.8) is 0 Å². The van der Waals surface area contributed by atoms with Crippen molar-refractivity contribution in [2.24, 2.45) is 0 Å². The van der Waals surface area contributed by atoms with Crippen LogP contribution >= 0.6 is 15.9 Å². The molecule has 0 aliphatic carbocycles. The highest BCUT2D eigenvalue weighted by Gasteiger charge is 2.25. The van der Waals surface area contributed by atoms with Crippen LogP contribution < -0.4 is 0 Å². The SMILES string of the molecule is CCc1nc2c(C)cc(Br)cn2c1C(=O)N1CCCCC1. The number of aryl methyl sites for hydroxylation is 2. The van der Waals surface area contributed by atoms with Gasteiger partial charge in [0.2, 0.25) is 0 Å². The summed E-state index contributed by atoms with van der Waals surface area (Å²) in [6, 6.07) is 2.04. The van der Waals surface area contributed by atoms with Gasteiger partial charge < -0.3 is 4.90 Å². The molecule has 2 aromatic rings. The number of halogens is 1. The molecular weight excluding hydrogens is 330 g/mol. The molecule has 1 saturated heterocycles. The van der Waals surface area contributed by atoms with Crippen LogP contribution in [0.4, 0.5) is 0 Å². The Balaban J connectivity index is 2.13. The number of aromatic nitrogens is 2. The number of likely N-dealkylation sites (tertiary alicyclic amines) is 1. The number of hydrogen-bond acceptors (Lipinski definition) is 2. The largest absolute Gasteiger partial charge is 0.337 e. The van der Waals surface area contributed by atoms with Crippen molar-refractivity contribution in [3.8, 4) is 0 Å². The van der Waals surface area contributed by atoms with Crippen LogP contribution in [0.5, 0.6) is 0 Å². The summed E-state index contributed by atoms with van der Waals surface area (Å²) >= 11 is 3.52. The Hall–Kier alpha value is -1.36. The van der Waals surface area contributed by atoms with Crippen molar-refractivity contribution >= 4 is 27.5 Å². The lowest BCUT2D eigenvalue weighted by Crippen LogP contribution is -2.36. The zero-order valence-electron chi connectivity index (χ0n) is 12.5. The lowest BCUT2D eigenvalue weighted by atomic mass is 10.1. The predicted octanol–water partition coefficient (Wildman–Crippen LogP) is 3.59. The van der Waals surface area contributed by atoms with Gasteiger partial charge in [-0.25, -0.2) is 4.98 Å². The zero-order valence-corrected chi connectivity index (χ0v) is 14.1. The van der Waals surface area contributed by atoms with Gasteiger partial charge in [-0.2, -0.15) is 0 Å². The Bertz CT molecular complexity index is 686. The number of rotatable bonds is 2. The summed E-state index contributed by atoms with van der Waals surface area (Å²) in [7, 11) is 0. The normalized spacial score (nSPS) is 15.7. The average molecular weight is 350 g/mol. The second-order valence-electron chi connectivity index (χ2n) is 5.65. The Morgan fingerprint density at radius 2 is 2.05 bits per heavy atom. The van der Waals surface area contributed by atoms with E-state index in [1.165, 1.54) is 6.42 Å². The summed E-state index contributed by atoms with van der Waals surface area (Å²) in [5.74, 6) is 0.122. The molecule has 0 atom stereocenters. The van der Waals surface area contributed by atoms with E-state index < -0.39 is 0 Å². The minimum atomic E-state index is 0.122. The number of carbonyl (C=O) groups is 1. The first-order valence-electron chi connectivity index (χ1n) is 7.58. The Morgan fingerprint density at radius 3 is 2.71 bits per heavy atom. The molecular formula is C16H20BrN3O. The first-order chi connectivity index (χ1) is 10.1. The van der Waals surface area contributed by atoms with E-state index in [2.05, 4.69) is 27.8 Å². The van der Waals surface area contributed by atoms with Gasteiger partial charge in [0, 0.05) is 23.8 Å². The number of imidazole rings is 1. The lowest BCUT2D eigenvalue weighted by Gasteiger charge is -2.26. The highest BCUT2D eigenvalue weighted by molar-refractivity contribution is 9.10. The van der Waals surface area contributed by atoms with Gasteiger partial charge in [-0.15, -0.1) is 0 Å². The monoisotopic (exact) mass is 349 g/mol. The molecule has 0 bridgehead atoms. The maximum atomic E-state index is 12.9. The van der Waals surface area contributed by atoms with Gasteiger partial charge in [0.05, 0.1) is 5.69 Å². The molecule has 0 spiro atoms. The van der Waals surface area contributed by atoms with Gasteiger partial charge >= 0.3 is 0 Å². The van der Waals surface area contributed by atoms with Crippen LogP contribution in [0.3, 0.4) is 0 Å². The van der Waals surface area contributed by atoms with Gasteiger partial charge in [-0.05, 0) is 60.2 Å². The van der Waals surface area contributed by atoms with Crippen LogP contribution in [-0.4, -0.2) is 33.3 Å². The van der Waals surface area contributed by atoms with E-state index in [1.807, 2.05) is 28.5 Å². The molecule has 3 rings (SSSR count). The van der Waals surface area contributed by atoms with Gasteiger partial charge in [0.1, 0.15) is 11.3 Å². The van der Waals surface area contributed by atoms with Crippen LogP contribution in [-0.2, 0) is 6.42 Å². The second kappa shape index (κ2) is 5.79. The summed E-state index contributed by atoms with van der Waals surface area (Å²) < 4.78 is 2.93. The minimum Gasteiger partial charge on any atom is -0.337 e. The number of piperidine rings is 1. The fraction of sp³-hybridized carbons (Fsp3) is 0.500. The van der Waals surface area contributed by atoms with Gasteiger partial charge in [0.15, 0.2) is 0 Å². The maximum absolute atomic E-state index is 12.9. The molecule has 0 N–H and O–H groups in total. The quantitative estimate of drug-likeness (QED) is 0.830. The molecule has 0 radical (unpaired) electrons. The van der Waals surface area contributed by atoms with Gasteiger partial charge in [-0.3, -0.25) is 9.20 Å². The third-order valence-corrected chi connectivity index (χ3v) is 4.56. The molecule has 1 amide bonds. The van der Waals surface area contributed by atoms with Crippen molar-refractivity contribution in [2.45, 2.75) is 39.5 Å². The van der Waals surface area contributed by atoms with Crippen LogP contribution in [0.15, 0.2) is 16.7 Å². The first kappa shape index (κ1) is 14.6. The lowest BCUT2D eigenvalue weighted by molar-refractivity contribution is 0.0716. The molecule has 0 unspecified atom stereocenters. The van der Waals surface area contributed by atoms with Crippen molar-refractivity contribution in [1.29, 1.82) is 0 Å². The molecule has 1 aliphatic rings. The Labute approximate surface area is 133 Å². The van der Waals surface area contributed by atoms with E-state index in [0.29, 0.717) is 0 Å². The van der Waals surface area contributed by atoms with Crippen LogP contribution in [0.25, 0.3) is 5.65 Å². The van der Waals surface area contributed by atoms with Gasteiger partial charge in [0.25, 0.3) is 5.91 Å². The highest BCUT2D eigenvalue weighted by Crippen LogP contribution is 2.23. The van der Waals surface area contributed by atoms with Gasteiger partial charge in [-0.1, -0.05) is 6.92 Å². The molecule has 0 aromatic carbocycles. The number of fused-ring (bicyclic) bond motifs is 1. The summed E-state index contributed by atoms with van der Waals surface area (Å²) in [5, 5.41) is 0. The van der Waals surface area contributed by atoms with Crippen molar-refractivity contribution in [1.82, 2.24) is 14.3 Å². The summed E-state index contributed by atoms with van der Waals surface area (Å²) in [4.78, 5) is 19.6. The summed E-state index contributed by atoms with van der Waals surface area (Å²) in [6.07, 6.45) is 6.15. The molecule has 4 nitrogen and oxygen atoms in total. The first-order valence-corrected chi connectivity index (χ1v) is 8.37. The minimum absolute atomic E-state index is 0.122. The number of amides is 1. The molecule has 0 saturated carbocycles. The molecule has 3 heterocycles. The molecule has 2 aromatic heterocycles. The van der Waals surface area contributed by atoms with Crippen LogP contribution in [0.2, 0.25) is 0 Å². The van der Waals surface area contributed by atoms with Crippen molar-refractivity contribution < 1.29 is 4.79 Å². The van der Waals surface area contributed by atoms with E-state index in [1.54, 1.807) is 0 Å². The topological polar surface area (TPSA) is 37.6 Å². The number of nitrogens with zero attached hydrogens (tertiary/aromatic N) is 3. The third-order valence-electron chi connectivity index (χ3n) is 4.12. The number of hydrogen-bond donors (Lipinski definition) is 0. The van der Waals surface area contributed by atoms with Crippen molar-refractivity contribution in [3.05, 3.63) is 33.7 Å². The Morgan fingerprint density at radius 1 is 1.33 bits per heavy atom. The fourth-order valence-electron chi connectivity index (χ4n) is 3.04. The van der Waals surface area contributed by atoms with Crippen LogP contribution in [0, 0.1) is 6.92 Å². The summed E-state index contributed by atoms with van der Waals surface area (Å²) in [5.41, 5.74) is 3.60. The molecule has 112 valence electrons.